The van der Waals surface area contributed by atoms with Crippen LogP contribution in [0.5, 0.6) is 0 Å². The summed E-state index contributed by atoms with van der Waals surface area (Å²) in [6.07, 6.45) is -0.518. The molecule has 1 aliphatic heterocycles. The standard InChI is InChI=1S/C20H18F2N2O2/c21-18-4-1-13(11-23)7-16(18)9-17(25)8-14-2-3-15(10-19(14)22)20-12-24-5-6-26-20/h1-4,7,10,20,24H,5-6,8-9,12H2/t20-/m0/s1. The number of ether oxygens (including phenoxy) is 1. The van der Waals surface area contributed by atoms with E-state index in [-0.39, 0.29) is 41.4 Å². The molecule has 1 aliphatic rings. The van der Waals surface area contributed by atoms with Crippen LogP contribution in [0.2, 0.25) is 0 Å². The zero-order valence-electron chi connectivity index (χ0n) is 14.1. The number of Topliss-reactive ketones (excluding diaryl/α,β-unsaturated/α-hetero) is 1. The quantitative estimate of drug-likeness (QED) is 0.895. The number of morpholine rings is 1. The highest BCUT2D eigenvalue weighted by molar-refractivity contribution is 5.83. The van der Waals surface area contributed by atoms with Crippen molar-refractivity contribution in [3.05, 3.63) is 70.3 Å². The van der Waals surface area contributed by atoms with Crippen LogP contribution in [0.25, 0.3) is 0 Å². The Morgan fingerprint density at radius 2 is 1.96 bits per heavy atom. The molecule has 0 radical (unpaired) electrons. The maximum absolute atomic E-state index is 14.4. The van der Waals surface area contributed by atoms with Gasteiger partial charge in [0.05, 0.1) is 24.3 Å². The van der Waals surface area contributed by atoms with Crippen molar-refractivity contribution in [2.24, 2.45) is 0 Å². The maximum Gasteiger partial charge on any atom is 0.141 e. The Balaban J connectivity index is 1.68. The van der Waals surface area contributed by atoms with E-state index in [2.05, 4.69) is 5.32 Å². The van der Waals surface area contributed by atoms with Crippen molar-refractivity contribution in [3.8, 4) is 6.07 Å². The molecule has 0 aliphatic carbocycles. The Morgan fingerprint density at radius 3 is 2.65 bits per heavy atom. The Bertz CT molecular complexity index is 855. The highest BCUT2D eigenvalue weighted by Crippen LogP contribution is 2.22. The SMILES string of the molecule is N#Cc1ccc(F)c(CC(=O)Cc2ccc([C@@H]3CNCCO3)cc2F)c1. The fourth-order valence-corrected chi connectivity index (χ4v) is 2.95. The van der Waals surface area contributed by atoms with Crippen LogP contribution in [0.3, 0.4) is 0 Å². The summed E-state index contributed by atoms with van der Waals surface area (Å²) < 4.78 is 33.7. The van der Waals surface area contributed by atoms with E-state index in [0.29, 0.717) is 13.2 Å². The van der Waals surface area contributed by atoms with Gasteiger partial charge in [0.2, 0.25) is 0 Å². The maximum atomic E-state index is 14.4. The van der Waals surface area contributed by atoms with E-state index in [4.69, 9.17) is 10.00 Å². The lowest BCUT2D eigenvalue weighted by Gasteiger charge is -2.24. The second-order valence-corrected chi connectivity index (χ2v) is 6.22. The number of nitriles is 1. The molecule has 1 atom stereocenters. The molecule has 0 saturated carbocycles. The van der Waals surface area contributed by atoms with Crippen molar-refractivity contribution in [1.29, 1.82) is 5.26 Å². The molecule has 0 bridgehead atoms. The van der Waals surface area contributed by atoms with Crippen molar-refractivity contribution < 1.29 is 18.3 Å². The predicted molar refractivity (Wildman–Crippen MR) is 91.5 cm³/mol. The van der Waals surface area contributed by atoms with Gasteiger partial charge in [-0.1, -0.05) is 12.1 Å². The first kappa shape index (κ1) is 18.2. The molecule has 134 valence electrons. The fraction of sp³-hybridized carbons (Fsp3) is 0.300. The smallest absolute Gasteiger partial charge is 0.141 e. The molecule has 0 unspecified atom stereocenters. The zero-order valence-corrected chi connectivity index (χ0v) is 14.1. The molecule has 3 rings (SSSR count). The van der Waals surface area contributed by atoms with Gasteiger partial charge in [-0.15, -0.1) is 0 Å². The van der Waals surface area contributed by atoms with Gasteiger partial charge >= 0.3 is 0 Å². The Hall–Kier alpha value is -2.62. The summed E-state index contributed by atoms with van der Waals surface area (Å²) in [6, 6.07) is 10.5. The summed E-state index contributed by atoms with van der Waals surface area (Å²) in [5.41, 5.74) is 1.41. The molecular weight excluding hydrogens is 338 g/mol. The van der Waals surface area contributed by atoms with E-state index in [1.54, 1.807) is 12.1 Å². The van der Waals surface area contributed by atoms with Crippen molar-refractivity contribution in [3.63, 3.8) is 0 Å². The number of ketones is 1. The van der Waals surface area contributed by atoms with E-state index in [0.717, 1.165) is 18.2 Å². The Morgan fingerprint density at radius 1 is 1.15 bits per heavy atom. The molecule has 26 heavy (non-hydrogen) atoms. The van der Waals surface area contributed by atoms with Gasteiger partial charge in [0.15, 0.2) is 0 Å². The van der Waals surface area contributed by atoms with Crippen LogP contribution in [0.4, 0.5) is 8.78 Å². The predicted octanol–water partition coefficient (Wildman–Crippen LogP) is 2.85. The normalized spacial score (nSPS) is 16.9. The Labute approximate surface area is 150 Å². The van der Waals surface area contributed by atoms with Crippen molar-refractivity contribution in [2.75, 3.05) is 19.7 Å². The third kappa shape index (κ3) is 4.31. The minimum atomic E-state index is -0.546. The zero-order chi connectivity index (χ0) is 18.5. The molecule has 4 nitrogen and oxygen atoms in total. The summed E-state index contributed by atoms with van der Waals surface area (Å²) in [6.45, 7) is 1.96. The van der Waals surface area contributed by atoms with E-state index in [1.807, 2.05) is 6.07 Å². The lowest BCUT2D eigenvalue weighted by molar-refractivity contribution is -0.117. The van der Waals surface area contributed by atoms with Gasteiger partial charge in [0.1, 0.15) is 17.4 Å². The van der Waals surface area contributed by atoms with Crippen LogP contribution < -0.4 is 5.32 Å². The molecule has 0 spiro atoms. The third-order valence-corrected chi connectivity index (χ3v) is 4.33. The Kier molecular flexibility index (Phi) is 5.71. The van der Waals surface area contributed by atoms with Gasteiger partial charge < -0.3 is 10.1 Å². The van der Waals surface area contributed by atoms with Gasteiger partial charge in [0, 0.05) is 25.9 Å². The number of hydrogen-bond donors (Lipinski definition) is 1. The first-order valence-electron chi connectivity index (χ1n) is 8.37. The summed E-state index contributed by atoms with van der Waals surface area (Å²) in [5.74, 6) is -1.34. The summed E-state index contributed by atoms with van der Waals surface area (Å²) in [7, 11) is 0. The number of carbonyl (C=O) groups is 1. The van der Waals surface area contributed by atoms with E-state index in [1.165, 1.54) is 18.2 Å². The van der Waals surface area contributed by atoms with E-state index < -0.39 is 11.6 Å². The van der Waals surface area contributed by atoms with Gasteiger partial charge in [-0.3, -0.25) is 4.79 Å². The first-order chi connectivity index (χ1) is 12.6. The number of nitrogens with zero attached hydrogens (tertiary/aromatic N) is 1. The van der Waals surface area contributed by atoms with E-state index in [9.17, 15) is 13.6 Å². The van der Waals surface area contributed by atoms with Crippen LogP contribution >= 0.6 is 0 Å². The van der Waals surface area contributed by atoms with E-state index >= 15 is 0 Å². The molecular formula is C20H18F2N2O2. The average molecular weight is 356 g/mol. The summed E-state index contributed by atoms with van der Waals surface area (Å²) in [5, 5.41) is 12.1. The number of carbonyl (C=O) groups excluding carboxylic acids is 1. The minimum absolute atomic E-state index is 0.133. The highest BCUT2D eigenvalue weighted by atomic mass is 19.1. The molecule has 6 heteroatoms. The first-order valence-corrected chi connectivity index (χ1v) is 8.37. The highest BCUT2D eigenvalue weighted by Gasteiger charge is 2.18. The minimum Gasteiger partial charge on any atom is -0.371 e. The number of nitrogens with one attached hydrogen (secondary N) is 1. The largest absolute Gasteiger partial charge is 0.371 e. The van der Waals surface area contributed by atoms with Crippen LogP contribution in [-0.4, -0.2) is 25.5 Å². The number of hydrogen-bond acceptors (Lipinski definition) is 4. The lowest BCUT2D eigenvalue weighted by atomic mass is 9.98. The van der Waals surface area contributed by atoms with Crippen LogP contribution in [0.15, 0.2) is 36.4 Å². The second-order valence-electron chi connectivity index (χ2n) is 6.22. The molecule has 0 amide bonds. The number of benzene rings is 2. The van der Waals surface area contributed by atoms with Crippen molar-refractivity contribution in [1.82, 2.24) is 5.32 Å². The number of rotatable bonds is 5. The lowest BCUT2D eigenvalue weighted by Crippen LogP contribution is -2.33. The molecule has 1 heterocycles. The third-order valence-electron chi connectivity index (χ3n) is 4.33. The molecule has 2 aromatic carbocycles. The molecule has 1 saturated heterocycles. The van der Waals surface area contributed by atoms with Crippen LogP contribution in [0, 0.1) is 23.0 Å². The van der Waals surface area contributed by atoms with Gasteiger partial charge in [0.25, 0.3) is 0 Å². The fourth-order valence-electron chi connectivity index (χ4n) is 2.95. The molecule has 2 aromatic rings. The molecule has 1 fully saturated rings. The van der Waals surface area contributed by atoms with Gasteiger partial charge in [-0.25, -0.2) is 8.78 Å². The summed E-state index contributed by atoms with van der Waals surface area (Å²) >= 11 is 0. The average Bonchev–Trinajstić information content (AvgIpc) is 2.66. The van der Waals surface area contributed by atoms with Gasteiger partial charge in [-0.2, -0.15) is 5.26 Å². The molecule has 0 aromatic heterocycles. The topological polar surface area (TPSA) is 62.1 Å². The second kappa shape index (κ2) is 8.17. The van der Waals surface area contributed by atoms with Crippen LogP contribution in [-0.2, 0) is 22.4 Å². The monoisotopic (exact) mass is 356 g/mol. The van der Waals surface area contributed by atoms with Gasteiger partial charge in [-0.05, 0) is 41.0 Å². The van der Waals surface area contributed by atoms with Crippen molar-refractivity contribution in [2.45, 2.75) is 18.9 Å². The van der Waals surface area contributed by atoms with Crippen LogP contribution in [0.1, 0.15) is 28.4 Å². The molecule has 1 N–H and O–H groups in total. The summed E-state index contributed by atoms with van der Waals surface area (Å²) in [4.78, 5) is 12.2. The number of halogens is 2. The van der Waals surface area contributed by atoms with Crippen molar-refractivity contribution >= 4 is 5.78 Å².